The summed E-state index contributed by atoms with van der Waals surface area (Å²) in [5.74, 6) is -1.03. The number of halogens is 3. The van der Waals surface area contributed by atoms with Gasteiger partial charge in [0.2, 0.25) is 0 Å². The summed E-state index contributed by atoms with van der Waals surface area (Å²) in [6.45, 7) is 1.93. The average molecular weight is 354 g/mol. The van der Waals surface area contributed by atoms with Gasteiger partial charge in [0.05, 0.1) is 10.7 Å². The SMILES string of the molecule is Cc1cccc2sc(C(=O)Nc3ccc(Cl)cc3F)c(Cl)c12. The summed E-state index contributed by atoms with van der Waals surface area (Å²) >= 11 is 13.3. The molecule has 0 unspecified atom stereocenters. The lowest BCUT2D eigenvalue weighted by Gasteiger charge is -2.05. The topological polar surface area (TPSA) is 29.1 Å². The fourth-order valence-corrected chi connectivity index (χ4v) is 3.93. The van der Waals surface area contributed by atoms with Crippen molar-refractivity contribution in [2.24, 2.45) is 0 Å². The lowest BCUT2D eigenvalue weighted by molar-refractivity contribution is 0.103. The number of benzene rings is 2. The zero-order valence-electron chi connectivity index (χ0n) is 11.4. The average Bonchev–Trinajstić information content (AvgIpc) is 2.80. The van der Waals surface area contributed by atoms with Gasteiger partial charge in [-0.3, -0.25) is 4.79 Å². The van der Waals surface area contributed by atoms with Crippen LogP contribution in [0.15, 0.2) is 36.4 Å². The van der Waals surface area contributed by atoms with Gasteiger partial charge in [-0.1, -0.05) is 35.3 Å². The normalized spacial score (nSPS) is 10.9. The van der Waals surface area contributed by atoms with Crippen LogP contribution >= 0.6 is 34.5 Å². The van der Waals surface area contributed by atoms with Crippen LogP contribution in [0.25, 0.3) is 10.1 Å². The van der Waals surface area contributed by atoms with Crippen molar-refractivity contribution < 1.29 is 9.18 Å². The number of carbonyl (C=O) groups is 1. The highest BCUT2D eigenvalue weighted by Crippen LogP contribution is 2.37. The van der Waals surface area contributed by atoms with Crippen LogP contribution in [-0.4, -0.2) is 5.91 Å². The smallest absolute Gasteiger partial charge is 0.267 e. The second-order valence-electron chi connectivity index (χ2n) is 4.77. The van der Waals surface area contributed by atoms with Crippen molar-refractivity contribution in [3.63, 3.8) is 0 Å². The van der Waals surface area contributed by atoms with Crippen LogP contribution in [0.3, 0.4) is 0 Å². The lowest BCUT2D eigenvalue weighted by atomic mass is 10.1. The monoisotopic (exact) mass is 353 g/mol. The van der Waals surface area contributed by atoms with Crippen LogP contribution in [0.4, 0.5) is 10.1 Å². The van der Waals surface area contributed by atoms with Gasteiger partial charge in [-0.2, -0.15) is 0 Å². The van der Waals surface area contributed by atoms with E-state index >= 15 is 0 Å². The number of carbonyl (C=O) groups excluding carboxylic acids is 1. The van der Waals surface area contributed by atoms with E-state index in [1.807, 2.05) is 25.1 Å². The molecule has 0 fully saturated rings. The lowest BCUT2D eigenvalue weighted by Crippen LogP contribution is -2.11. The Morgan fingerprint density at radius 2 is 2.00 bits per heavy atom. The van der Waals surface area contributed by atoms with Gasteiger partial charge < -0.3 is 5.32 Å². The second-order valence-corrected chi connectivity index (χ2v) is 6.64. The fourth-order valence-electron chi connectivity index (χ4n) is 2.19. The number of fused-ring (bicyclic) bond motifs is 1. The zero-order valence-corrected chi connectivity index (χ0v) is 13.7. The molecule has 0 aliphatic rings. The maximum atomic E-state index is 13.8. The van der Waals surface area contributed by atoms with E-state index in [-0.39, 0.29) is 10.7 Å². The number of hydrogen-bond acceptors (Lipinski definition) is 2. The van der Waals surface area contributed by atoms with Gasteiger partial charge in [-0.05, 0) is 36.8 Å². The van der Waals surface area contributed by atoms with E-state index in [9.17, 15) is 9.18 Å². The molecule has 0 spiro atoms. The Balaban J connectivity index is 1.99. The molecule has 6 heteroatoms. The molecule has 1 N–H and O–H groups in total. The number of hydrogen-bond donors (Lipinski definition) is 1. The Morgan fingerprint density at radius 1 is 1.23 bits per heavy atom. The van der Waals surface area contributed by atoms with Gasteiger partial charge in [-0.15, -0.1) is 11.3 Å². The quantitative estimate of drug-likeness (QED) is 0.609. The minimum Gasteiger partial charge on any atom is -0.319 e. The van der Waals surface area contributed by atoms with Crippen molar-refractivity contribution in [1.29, 1.82) is 0 Å². The Kier molecular flexibility index (Phi) is 4.08. The van der Waals surface area contributed by atoms with Crippen LogP contribution < -0.4 is 5.32 Å². The van der Waals surface area contributed by atoms with Crippen LogP contribution in [-0.2, 0) is 0 Å². The Labute approximate surface area is 140 Å². The van der Waals surface area contributed by atoms with Crippen LogP contribution in [0, 0.1) is 12.7 Å². The molecule has 3 aromatic rings. The predicted molar refractivity (Wildman–Crippen MR) is 90.9 cm³/mol. The molecular weight excluding hydrogens is 344 g/mol. The molecule has 2 nitrogen and oxygen atoms in total. The van der Waals surface area contributed by atoms with E-state index in [2.05, 4.69) is 5.32 Å². The van der Waals surface area contributed by atoms with Crippen molar-refractivity contribution in [3.8, 4) is 0 Å². The molecule has 0 saturated carbocycles. The fraction of sp³-hybridized carbons (Fsp3) is 0.0625. The van der Waals surface area contributed by atoms with Crippen molar-refractivity contribution in [2.75, 3.05) is 5.32 Å². The molecular formula is C16H10Cl2FNOS. The van der Waals surface area contributed by atoms with Gasteiger partial charge in [-0.25, -0.2) is 4.39 Å². The number of rotatable bonds is 2. The molecule has 1 aromatic heterocycles. The molecule has 2 aromatic carbocycles. The minimum absolute atomic E-state index is 0.0691. The molecule has 0 bridgehead atoms. The maximum absolute atomic E-state index is 13.8. The first-order chi connectivity index (χ1) is 10.5. The molecule has 1 heterocycles. The molecule has 0 atom stereocenters. The zero-order chi connectivity index (χ0) is 15.9. The Hall–Kier alpha value is -1.62. The highest BCUT2D eigenvalue weighted by atomic mass is 35.5. The molecule has 0 saturated heterocycles. The Morgan fingerprint density at radius 3 is 2.68 bits per heavy atom. The van der Waals surface area contributed by atoms with Gasteiger partial charge in [0.1, 0.15) is 10.7 Å². The van der Waals surface area contributed by atoms with Gasteiger partial charge in [0, 0.05) is 15.1 Å². The number of anilines is 1. The maximum Gasteiger partial charge on any atom is 0.267 e. The summed E-state index contributed by atoms with van der Waals surface area (Å²) in [7, 11) is 0. The van der Waals surface area contributed by atoms with E-state index in [1.165, 1.54) is 23.5 Å². The number of nitrogens with one attached hydrogen (secondary N) is 1. The van der Waals surface area contributed by atoms with E-state index < -0.39 is 11.7 Å². The van der Waals surface area contributed by atoms with Crippen molar-refractivity contribution in [2.45, 2.75) is 6.92 Å². The third-order valence-corrected chi connectivity index (χ3v) is 5.13. The molecule has 0 radical (unpaired) electrons. The van der Waals surface area contributed by atoms with Crippen molar-refractivity contribution in [1.82, 2.24) is 0 Å². The number of aryl methyl sites for hydroxylation is 1. The predicted octanol–water partition coefficient (Wildman–Crippen LogP) is 5.91. The first-order valence-electron chi connectivity index (χ1n) is 6.41. The highest BCUT2D eigenvalue weighted by Gasteiger charge is 2.19. The third-order valence-electron chi connectivity index (χ3n) is 3.25. The first-order valence-corrected chi connectivity index (χ1v) is 7.98. The van der Waals surface area contributed by atoms with Crippen LogP contribution in [0.1, 0.15) is 15.2 Å². The first kappa shape index (κ1) is 15.3. The summed E-state index contributed by atoms with van der Waals surface area (Å²) in [6.07, 6.45) is 0. The Bertz CT molecular complexity index is 891. The summed E-state index contributed by atoms with van der Waals surface area (Å²) in [5.41, 5.74) is 1.06. The largest absolute Gasteiger partial charge is 0.319 e. The molecule has 0 aliphatic carbocycles. The molecule has 0 aliphatic heterocycles. The summed E-state index contributed by atoms with van der Waals surface area (Å²) in [6, 6.07) is 9.82. The molecule has 3 rings (SSSR count). The summed E-state index contributed by atoms with van der Waals surface area (Å²) < 4.78 is 14.7. The summed E-state index contributed by atoms with van der Waals surface area (Å²) in [4.78, 5) is 12.7. The third kappa shape index (κ3) is 2.70. The van der Waals surface area contributed by atoms with E-state index in [0.717, 1.165) is 21.7 Å². The second kappa shape index (κ2) is 5.88. The molecule has 1 amide bonds. The van der Waals surface area contributed by atoms with Gasteiger partial charge in [0.15, 0.2) is 0 Å². The standard InChI is InChI=1S/C16H10Cl2FNOS/c1-8-3-2-4-12-13(8)14(18)15(22-12)16(21)20-11-6-5-9(17)7-10(11)19/h2-7H,1H3,(H,20,21). The molecule has 22 heavy (non-hydrogen) atoms. The highest BCUT2D eigenvalue weighted by molar-refractivity contribution is 7.21. The van der Waals surface area contributed by atoms with Crippen LogP contribution in [0.5, 0.6) is 0 Å². The molecule has 112 valence electrons. The number of thiophene rings is 1. The van der Waals surface area contributed by atoms with Crippen molar-refractivity contribution in [3.05, 3.63) is 62.7 Å². The van der Waals surface area contributed by atoms with E-state index in [0.29, 0.717) is 9.90 Å². The van der Waals surface area contributed by atoms with Gasteiger partial charge in [0.25, 0.3) is 5.91 Å². The van der Waals surface area contributed by atoms with Gasteiger partial charge >= 0.3 is 0 Å². The number of amides is 1. The minimum atomic E-state index is -0.589. The van der Waals surface area contributed by atoms with E-state index in [4.69, 9.17) is 23.2 Å². The van der Waals surface area contributed by atoms with E-state index in [1.54, 1.807) is 0 Å². The summed E-state index contributed by atoms with van der Waals surface area (Å²) in [5, 5.41) is 4.05. The van der Waals surface area contributed by atoms with Crippen LogP contribution in [0.2, 0.25) is 10.0 Å². The van der Waals surface area contributed by atoms with Crippen molar-refractivity contribution >= 4 is 56.2 Å².